The lowest BCUT2D eigenvalue weighted by molar-refractivity contribution is 0.102. The number of aromatic amines is 1. The van der Waals surface area contributed by atoms with E-state index < -0.39 is 0 Å². The summed E-state index contributed by atoms with van der Waals surface area (Å²) in [5, 5.41) is 2.74. The number of imidazole rings is 1. The monoisotopic (exact) mass is 293 g/mol. The van der Waals surface area contributed by atoms with Crippen molar-refractivity contribution < 1.29 is 4.79 Å². The summed E-state index contributed by atoms with van der Waals surface area (Å²) in [6.45, 7) is 0. The Labute approximate surface area is 120 Å². The SMILES string of the molecule is O=C(Nc1nc([Si])nc2nc([Si])[nH]c12)c1ccccc1. The smallest absolute Gasteiger partial charge is 0.256 e. The molecule has 0 aliphatic heterocycles. The van der Waals surface area contributed by atoms with E-state index in [9.17, 15) is 4.79 Å². The van der Waals surface area contributed by atoms with Crippen molar-refractivity contribution in [2.75, 3.05) is 5.32 Å². The van der Waals surface area contributed by atoms with Gasteiger partial charge in [0.1, 0.15) is 31.4 Å². The molecule has 1 amide bonds. The molecule has 0 bridgehead atoms. The molecule has 8 heteroatoms. The molecule has 3 aromatic rings. The van der Waals surface area contributed by atoms with Crippen LogP contribution in [-0.2, 0) is 0 Å². The van der Waals surface area contributed by atoms with Gasteiger partial charge in [-0.15, -0.1) is 0 Å². The Bertz CT molecular complexity index is 787. The normalized spacial score (nSPS) is 10.7. The highest BCUT2D eigenvalue weighted by Gasteiger charge is 2.13. The summed E-state index contributed by atoms with van der Waals surface area (Å²) in [6.07, 6.45) is 0. The largest absolute Gasteiger partial charge is 0.342 e. The number of fused-ring (bicyclic) bond motifs is 1. The molecule has 6 radical (unpaired) electrons. The van der Waals surface area contributed by atoms with Gasteiger partial charge in [-0.25, -0.2) is 15.0 Å². The summed E-state index contributed by atoms with van der Waals surface area (Å²) in [6, 6.07) is 8.90. The minimum absolute atomic E-state index is 0.248. The van der Waals surface area contributed by atoms with Crippen molar-refractivity contribution in [2.45, 2.75) is 0 Å². The van der Waals surface area contributed by atoms with Gasteiger partial charge in [0.05, 0.1) is 5.45 Å². The average Bonchev–Trinajstić information content (AvgIpc) is 2.80. The second-order valence-corrected chi connectivity index (χ2v) is 4.92. The number of nitrogens with zero attached hydrogens (tertiary/aromatic N) is 3. The molecule has 6 nitrogen and oxygen atoms in total. The first-order valence-corrected chi connectivity index (χ1v) is 6.71. The van der Waals surface area contributed by atoms with Crippen molar-refractivity contribution in [2.24, 2.45) is 0 Å². The lowest BCUT2D eigenvalue weighted by atomic mass is 10.2. The van der Waals surface area contributed by atoms with Crippen molar-refractivity contribution in [3.63, 3.8) is 0 Å². The Kier molecular flexibility index (Phi) is 3.16. The minimum Gasteiger partial charge on any atom is -0.342 e. The zero-order chi connectivity index (χ0) is 14.1. The van der Waals surface area contributed by atoms with E-state index in [1.165, 1.54) is 0 Å². The quantitative estimate of drug-likeness (QED) is 0.606. The van der Waals surface area contributed by atoms with Gasteiger partial charge in [-0.2, -0.15) is 0 Å². The maximum absolute atomic E-state index is 12.1. The van der Waals surface area contributed by atoms with Gasteiger partial charge in [0.2, 0.25) is 0 Å². The lowest BCUT2D eigenvalue weighted by Gasteiger charge is -2.05. The van der Waals surface area contributed by atoms with E-state index in [4.69, 9.17) is 0 Å². The number of benzene rings is 1. The molecule has 0 spiro atoms. The predicted octanol–water partition coefficient (Wildman–Crippen LogP) is -0.807. The molecule has 0 aliphatic carbocycles. The zero-order valence-electron chi connectivity index (χ0n) is 10.1. The average molecular weight is 293 g/mol. The molecule has 94 valence electrons. The Morgan fingerprint density at radius 3 is 2.60 bits per heavy atom. The topological polar surface area (TPSA) is 83.6 Å². The number of carbonyl (C=O) groups is 1. The molecule has 1 aromatic carbocycles. The summed E-state index contributed by atoms with van der Waals surface area (Å²) in [5.74, 6) is 0.118. The van der Waals surface area contributed by atoms with Gasteiger partial charge in [0.25, 0.3) is 5.91 Å². The van der Waals surface area contributed by atoms with E-state index >= 15 is 0 Å². The Morgan fingerprint density at radius 1 is 1.10 bits per heavy atom. The van der Waals surface area contributed by atoms with Crippen LogP contribution in [0.4, 0.5) is 5.82 Å². The number of amides is 1. The molecule has 2 heterocycles. The van der Waals surface area contributed by atoms with Crippen molar-refractivity contribution in [3.05, 3.63) is 35.9 Å². The van der Waals surface area contributed by atoms with Crippen molar-refractivity contribution in [3.8, 4) is 0 Å². The molecule has 2 N–H and O–H groups in total. The number of nitrogens with one attached hydrogen (secondary N) is 2. The summed E-state index contributed by atoms with van der Waals surface area (Å²) in [7, 11) is 6.53. The van der Waals surface area contributed by atoms with Crippen molar-refractivity contribution >= 4 is 54.3 Å². The summed E-state index contributed by atoms with van der Waals surface area (Å²) < 4.78 is 0. The molecule has 0 aliphatic rings. The molecule has 0 unspecified atom stereocenters. The van der Waals surface area contributed by atoms with Crippen LogP contribution in [0.2, 0.25) is 0 Å². The number of H-pyrrole nitrogens is 1. The fraction of sp³-hybridized carbons (Fsp3) is 0. The van der Waals surface area contributed by atoms with Crippen LogP contribution in [0.3, 0.4) is 0 Å². The Morgan fingerprint density at radius 2 is 1.85 bits per heavy atom. The van der Waals surface area contributed by atoms with Gasteiger partial charge in [0.15, 0.2) is 11.5 Å². The first-order chi connectivity index (χ1) is 9.63. The first kappa shape index (κ1) is 12.7. The van der Waals surface area contributed by atoms with E-state index in [2.05, 4.69) is 45.7 Å². The number of rotatable bonds is 2. The van der Waals surface area contributed by atoms with Crippen molar-refractivity contribution in [1.29, 1.82) is 0 Å². The van der Waals surface area contributed by atoms with Gasteiger partial charge >= 0.3 is 0 Å². The van der Waals surface area contributed by atoms with Crippen LogP contribution < -0.4 is 16.2 Å². The third kappa shape index (κ3) is 2.38. The van der Waals surface area contributed by atoms with Crippen LogP contribution >= 0.6 is 0 Å². The number of hydrogen-bond donors (Lipinski definition) is 2. The second-order valence-electron chi connectivity index (χ2n) is 4.00. The highest BCUT2D eigenvalue weighted by atomic mass is 28.1. The van der Waals surface area contributed by atoms with Crippen LogP contribution in [0.25, 0.3) is 11.2 Å². The summed E-state index contributed by atoms with van der Waals surface area (Å²) in [4.78, 5) is 27.5. The molecule has 0 saturated heterocycles. The minimum atomic E-state index is -0.248. The lowest BCUT2D eigenvalue weighted by Crippen LogP contribution is -2.19. The Balaban J connectivity index is 2.00. The zero-order valence-corrected chi connectivity index (χ0v) is 12.1. The van der Waals surface area contributed by atoms with Gasteiger partial charge < -0.3 is 10.3 Å². The van der Waals surface area contributed by atoms with Crippen LogP contribution in [0.15, 0.2) is 30.3 Å². The number of aromatic nitrogens is 4. The first-order valence-electron chi connectivity index (χ1n) is 5.71. The van der Waals surface area contributed by atoms with E-state index in [1.807, 2.05) is 6.07 Å². The van der Waals surface area contributed by atoms with E-state index in [0.717, 1.165) is 0 Å². The van der Waals surface area contributed by atoms with Crippen LogP contribution in [0.1, 0.15) is 10.4 Å². The molecular weight excluding hydrogens is 286 g/mol. The Hall–Kier alpha value is -2.33. The standard InChI is InChI=1S/C12H7N5OSi2/c18-10(6-4-2-1-3-5-6)14-8-7-9(16-11(19)13-7)17-12(20)15-8/h1-5H,(H2,13,14,15,16,17,18). The van der Waals surface area contributed by atoms with Crippen LogP contribution in [0, 0.1) is 0 Å². The molecule has 0 fully saturated rings. The second kappa shape index (κ2) is 4.98. The predicted molar refractivity (Wildman–Crippen MR) is 76.9 cm³/mol. The fourth-order valence-electron chi connectivity index (χ4n) is 1.76. The molecule has 2 aromatic heterocycles. The highest BCUT2D eigenvalue weighted by molar-refractivity contribution is 6.31. The summed E-state index contributed by atoms with van der Waals surface area (Å²) >= 11 is 0. The molecule has 0 atom stereocenters. The maximum atomic E-state index is 12.1. The van der Waals surface area contributed by atoms with Crippen LogP contribution in [-0.4, -0.2) is 46.3 Å². The van der Waals surface area contributed by atoms with Gasteiger partial charge in [-0.05, 0) is 12.1 Å². The number of hydrogen-bond acceptors (Lipinski definition) is 4. The third-order valence-electron chi connectivity index (χ3n) is 2.62. The summed E-state index contributed by atoms with van der Waals surface area (Å²) in [5.41, 5.74) is 2.42. The van der Waals surface area contributed by atoms with Gasteiger partial charge in [-0.3, -0.25) is 4.79 Å². The van der Waals surface area contributed by atoms with Gasteiger partial charge in [-0.1, -0.05) is 18.2 Å². The van der Waals surface area contributed by atoms with Crippen molar-refractivity contribution in [1.82, 2.24) is 19.9 Å². The fourth-order valence-corrected chi connectivity index (χ4v) is 2.21. The van der Waals surface area contributed by atoms with E-state index in [-0.39, 0.29) is 5.91 Å². The molecule has 20 heavy (non-hydrogen) atoms. The number of carbonyl (C=O) groups excluding carboxylic acids is 1. The molecule has 3 rings (SSSR count). The maximum Gasteiger partial charge on any atom is 0.256 e. The third-order valence-corrected chi connectivity index (χ3v) is 3.08. The van der Waals surface area contributed by atoms with E-state index in [0.29, 0.717) is 33.4 Å². The number of anilines is 1. The van der Waals surface area contributed by atoms with E-state index in [1.54, 1.807) is 24.3 Å². The molecule has 0 saturated carbocycles. The molecular formula is C12H7N5OSi2. The van der Waals surface area contributed by atoms with Crippen LogP contribution in [0.5, 0.6) is 0 Å². The highest BCUT2D eigenvalue weighted by Crippen LogP contribution is 2.14. The van der Waals surface area contributed by atoms with Gasteiger partial charge in [0, 0.05) is 5.56 Å².